The molecule has 1 amide bonds. The molecular weight excluding hydrogens is 416 g/mol. The highest BCUT2D eigenvalue weighted by atomic mass is 79.9. The Morgan fingerprint density at radius 1 is 1.31 bits per heavy atom. The molecule has 0 aliphatic heterocycles. The molecule has 1 aromatic carbocycles. The molecule has 0 aliphatic rings. The first-order valence-electron chi connectivity index (χ1n) is 8.16. The van der Waals surface area contributed by atoms with Gasteiger partial charge in [0.2, 0.25) is 0 Å². The molecule has 0 saturated heterocycles. The van der Waals surface area contributed by atoms with Gasteiger partial charge in [0.05, 0.1) is 29.2 Å². The lowest BCUT2D eigenvalue weighted by molar-refractivity contribution is 0.0948. The summed E-state index contributed by atoms with van der Waals surface area (Å²) < 4.78 is 5.16. The van der Waals surface area contributed by atoms with Gasteiger partial charge in [-0.1, -0.05) is 15.9 Å². The predicted octanol–water partition coefficient (Wildman–Crippen LogP) is 3.46. The fourth-order valence-electron chi connectivity index (χ4n) is 2.86. The molecule has 0 bridgehead atoms. The molecule has 2 aromatic heterocycles. The van der Waals surface area contributed by atoms with Gasteiger partial charge in [-0.05, 0) is 57.3 Å². The van der Waals surface area contributed by atoms with Gasteiger partial charge in [-0.15, -0.1) is 0 Å². The molecule has 26 heavy (non-hydrogen) atoms. The van der Waals surface area contributed by atoms with Crippen LogP contribution in [0.25, 0.3) is 5.69 Å². The monoisotopic (exact) mass is 434 g/mol. The number of aryl methyl sites for hydroxylation is 1. The standard InChI is InChI=1S/C17H19BrN6OS/c1-4-23-14(20-21-17(23)26)9-19-16(25)15-10(2)22-24(11(15)3)13-7-5-12(18)6-8-13/h5-8H,4,9H2,1-3H3,(H,19,25)(H,21,26). The number of H-pyrrole nitrogens is 1. The summed E-state index contributed by atoms with van der Waals surface area (Å²) in [5.41, 5.74) is 2.94. The number of rotatable bonds is 5. The van der Waals surface area contributed by atoms with Crippen molar-refractivity contribution in [2.24, 2.45) is 0 Å². The largest absolute Gasteiger partial charge is 0.345 e. The molecule has 0 radical (unpaired) electrons. The molecule has 2 heterocycles. The van der Waals surface area contributed by atoms with E-state index in [9.17, 15) is 4.79 Å². The summed E-state index contributed by atoms with van der Waals surface area (Å²) in [6.07, 6.45) is 0. The average Bonchev–Trinajstić information content (AvgIpc) is 3.12. The van der Waals surface area contributed by atoms with Gasteiger partial charge in [0, 0.05) is 11.0 Å². The summed E-state index contributed by atoms with van der Waals surface area (Å²) in [7, 11) is 0. The Bertz CT molecular complexity index is 1000. The number of aromatic nitrogens is 5. The maximum absolute atomic E-state index is 12.7. The Morgan fingerprint density at radius 2 is 2.00 bits per heavy atom. The van der Waals surface area contributed by atoms with Gasteiger partial charge in [-0.2, -0.15) is 10.2 Å². The first-order valence-corrected chi connectivity index (χ1v) is 9.37. The van der Waals surface area contributed by atoms with Crippen molar-refractivity contribution in [3.63, 3.8) is 0 Å². The van der Waals surface area contributed by atoms with Crippen molar-refractivity contribution in [1.29, 1.82) is 0 Å². The quantitative estimate of drug-likeness (QED) is 0.602. The van der Waals surface area contributed by atoms with Crippen molar-refractivity contribution in [3.8, 4) is 5.69 Å². The van der Waals surface area contributed by atoms with Crippen LogP contribution in [0.1, 0.15) is 34.5 Å². The number of halogens is 1. The van der Waals surface area contributed by atoms with E-state index in [1.54, 1.807) is 4.68 Å². The number of amides is 1. The van der Waals surface area contributed by atoms with E-state index in [2.05, 4.69) is 36.5 Å². The summed E-state index contributed by atoms with van der Waals surface area (Å²) in [4.78, 5) is 12.7. The third-order valence-electron chi connectivity index (χ3n) is 4.15. The zero-order valence-corrected chi connectivity index (χ0v) is 17.1. The Kier molecular flexibility index (Phi) is 5.38. The van der Waals surface area contributed by atoms with Crippen molar-refractivity contribution in [2.45, 2.75) is 33.9 Å². The fourth-order valence-corrected chi connectivity index (χ4v) is 3.41. The second-order valence-electron chi connectivity index (χ2n) is 5.81. The smallest absolute Gasteiger partial charge is 0.255 e. The molecular formula is C17H19BrN6OS. The van der Waals surface area contributed by atoms with Gasteiger partial charge in [0.15, 0.2) is 10.6 Å². The number of carbonyl (C=O) groups excluding carboxylic acids is 1. The Balaban J connectivity index is 1.83. The molecule has 0 atom stereocenters. The van der Waals surface area contributed by atoms with Gasteiger partial charge in [-0.3, -0.25) is 9.89 Å². The molecule has 0 fully saturated rings. The second kappa shape index (κ2) is 7.55. The van der Waals surface area contributed by atoms with E-state index in [-0.39, 0.29) is 5.91 Å². The average molecular weight is 435 g/mol. The number of nitrogens with zero attached hydrogens (tertiary/aromatic N) is 4. The highest BCUT2D eigenvalue weighted by molar-refractivity contribution is 9.10. The molecule has 3 aromatic rings. The van der Waals surface area contributed by atoms with E-state index >= 15 is 0 Å². The van der Waals surface area contributed by atoms with Crippen LogP contribution in [0.4, 0.5) is 0 Å². The van der Waals surface area contributed by atoms with Crippen molar-refractivity contribution in [3.05, 3.63) is 56.3 Å². The molecule has 9 heteroatoms. The van der Waals surface area contributed by atoms with Crippen LogP contribution in [0.15, 0.2) is 28.7 Å². The number of hydrogen-bond donors (Lipinski definition) is 2. The van der Waals surface area contributed by atoms with Crippen molar-refractivity contribution < 1.29 is 4.79 Å². The molecule has 0 saturated carbocycles. The molecule has 3 rings (SSSR count). The van der Waals surface area contributed by atoms with Gasteiger partial charge < -0.3 is 9.88 Å². The number of aromatic amines is 1. The van der Waals surface area contributed by atoms with E-state index in [1.807, 2.05) is 49.6 Å². The van der Waals surface area contributed by atoms with Crippen LogP contribution in [-0.2, 0) is 13.1 Å². The molecule has 7 nitrogen and oxygen atoms in total. The van der Waals surface area contributed by atoms with Crippen LogP contribution in [0.5, 0.6) is 0 Å². The fraction of sp³-hybridized carbons (Fsp3) is 0.294. The van der Waals surface area contributed by atoms with Crippen molar-refractivity contribution >= 4 is 34.1 Å². The summed E-state index contributed by atoms with van der Waals surface area (Å²) in [5.74, 6) is 0.515. The van der Waals surface area contributed by atoms with Crippen LogP contribution in [0.3, 0.4) is 0 Å². The minimum atomic E-state index is -0.181. The van der Waals surface area contributed by atoms with Crippen LogP contribution in [0.2, 0.25) is 0 Å². The van der Waals surface area contributed by atoms with Crippen molar-refractivity contribution in [2.75, 3.05) is 0 Å². The van der Waals surface area contributed by atoms with Crippen molar-refractivity contribution in [1.82, 2.24) is 29.9 Å². The normalized spacial score (nSPS) is 10.9. The lowest BCUT2D eigenvalue weighted by Crippen LogP contribution is -2.25. The highest BCUT2D eigenvalue weighted by Gasteiger charge is 2.20. The zero-order valence-electron chi connectivity index (χ0n) is 14.7. The van der Waals surface area contributed by atoms with E-state index in [1.165, 1.54) is 0 Å². The lowest BCUT2D eigenvalue weighted by Gasteiger charge is -2.07. The minimum absolute atomic E-state index is 0.181. The summed E-state index contributed by atoms with van der Waals surface area (Å²) in [6.45, 7) is 6.69. The van der Waals surface area contributed by atoms with Crippen LogP contribution in [0, 0.1) is 18.6 Å². The number of carbonyl (C=O) groups is 1. The third kappa shape index (κ3) is 3.49. The van der Waals surface area contributed by atoms with E-state index in [0.717, 1.165) is 15.9 Å². The zero-order chi connectivity index (χ0) is 18.8. The number of nitrogens with one attached hydrogen (secondary N) is 2. The van der Waals surface area contributed by atoms with Gasteiger partial charge in [-0.25, -0.2) is 4.68 Å². The summed E-state index contributed by atoms with van der Waals surface area (Å²) in [6, 6.07) is 7.78. The van der Waals surface area contributed by atoms with Crippen LogP contribution >= 0.6 is 28.1 Å². The summed E-state index contributed by atoms with van der Waals surface area (Å²) >= 11 is 8.59. The Labute approximate surface area is 164 Å². The van der Waals surface area contributed by atoms with E-state index < -0.39 is 0 Å². The van der Waals surface area contributed by atoms with E-state index in [0.29, 0.717) is 34.9 Å². The van der Waals surface area contributed by atoms with Gasteiger partial charge in [0.25, 0.3) is 5.91 Å². The SMILES string of the molecule is CCn1c(CNC(=O)c2c(C)nn(-c3ccc(Br)cc3)c2C)n[nH]c1=S. The summed E-state index contributed by atoms with van der Waals surface area (Å²) in [5, 5.41) is 14.3. The Hall–Kier alpha value is -2.26. The van der Waals surface area contributed by atoms with Crippen LogP contribution in [-0.4, -0.2) is 30.5 Å². The molecule has 0 spiro atoms. The Morgan fingerprint density at radius 3 is 2.65 bits per heavy atom. The second-order valence-corrected chi connectivity index (χ2v) is 7.11. The first-order chi connectivity index (χ1) is 12.4. The predicted molar refractivity (Wildman–Crippen MR) is 105 cm³/mol. The van der Waals surface area contributed by atoms with Gasteiger partial charge >= 0.3 is 0 Å². The third-order valence-corrected chi connectivity index (χ3v) is 4.99. The minimum Gasteiger partial charge on any atom is -0.345 e. The topological polar surface area (TPSA) is 80.5 Å². The maximum Gasteiger partial charge on any atom is 0.255 e. The maximum atomic E-state index is 12.7. The molecule has 2 N–H and O–H groups in total. The number of benzene rings is 1. The lowest BCUT2D eigenvalue weighted by atomic mass is 10.2. The highest BCUT2D eigenvalue weighted by Crippen LogP contribution is 2.20. The van der Waals surface area contributed by atoms with Gasteiger partial charge in [0.1, 0.15) is 0 Å². The van der Waals surface area contributed by atoms with Crippen LogP contribution < -0.4 is 5.32 Å². The molecule has 0 unspecified atom stereocenters. The molecule has 0 aliphatic carbocycles. The number of hydrogen-bond acceptors (Lipinski definition) is 4. The molecule has 136 valence electrons. The van der Waals surface area contributed by atoms with E-state index in [4.69, 9.17) is 12.2 Å². The first kappa shape index (κ1) is 18.5.